The number of hydrogen-bond acceptors (Lipinski definition) is 3. The predicted molar refractivity (Wildman–Crippen MR) is 79.0 cm³/mol. The monoisotopic (exact) mass is 272 g/mol. The number of carbonyl (C=O) groups excluding carboxylic acids is 1. The molecular formula is C15H20N4O. The minimum atomic E-state index is -0.179. The molecule has 0 spiro atoms. The maximum absolute atomic E-state index is 11.5. The molecule has 0 saturated carbocycles. The molecule has 0 aliphatic heterocycles. The van der Waals surface area contributed by atoms with Crippen LogP contribution in [-0.2, 0) is 0 Å². The molecule has 0 saturated heterocycles. The van der Waals surface area contributed by atoms with E-state index in [2.05, 4.69) is 34.8 Å². The van der Waals surface area contributed by atoms with Crippen molar-refractivity contribution < 1.29 is 4.79 Å². The molecule has 0 radical (unpaired) electrons. The Kier molecular flexibility index (Phi) is 4.53. The molecule has 0 fully saturated rings. The number of amides is 1. The van der Waals surface area contributed by atoms with Crippen molar-refractivity contribution in [1.29, 1.82) is 0 Å². The molecule has 1 unspecified atom stereocenters. The van der Waals surface area contributed by atoms with E-state index < -0.39 is 0 Å². The van der Waals surface area contributed by atoms with Gasteiger partial charge in [-0.25, -0.2) is 4.68 Å². The normalized spacial score (nSPS) is 12.2. The van der Waals surface area contributed by atoms with Crippen molar-refractivity contribution >= 4 is 5.91 Å². The van der Waals surface area contributed by atoms with Gasteiger partial charge in [-0.15, -0.1) is 0 Å². The van der Waals surface area contributed by atoms with E-state index in [9.17, 15) is 4.79 Å². The number of carbonyl (C=O) groups is 1. The summed E-state index contributed by atoms with van der Waals surface area (Å²) in [6.07, 6.45) is 2.81. The van der Waals surface area contributed by atoms with Crippen LogP contribution in [0.25, 0.3) is 5.69 Å². The number of nitrogens with one attached hydrogen (secondary N) is 2. The van der Waals surface area contributed by atoms with Crippen LogP contribution in [0.5, 0.6) is 0 Å². The number of aromatic nitrogens is 2. The fourth-order valence-corrected chi connectivity index (χ4v) is 2.21. The van der Waals surface area contributed by atoms with Gasteiger partial charge in [0.15, 0.2) is 5.69 Å². The van der Waals surface area contributed by atoms with Gasteiger partial charge >= 0.3 is 0 Å². The molecule has 2 aromatic rings. The van der Waals surface area contributed by atoms with Gasteiger partial charge in [-0.3, -0.25) is 4.79 Å². The topological polar surface area (TPSA) is 59.0 Å². The summed E-state index contributed by atoms with van der Waals surface area (Å²) in [6, 6.07) is 10.2. The van der Waals surface area contributed by atoms with Crippen molar-refractivity contribution in [1.82, 2.24) is 20.4 Å². The highest BCUT2D eigenvalue weighted by Gasteiger charge is 2.10. The molecule has 1 aromatic heterocycles. The standard InChI is InChI=1S/C15H20N4O/c1-4-13(16-2)11-6-5-7-12(10-11)19-9-8-14(18-19)15(20)17-3/h5-10,13,16H,4H2,1-3H3,(H,17,20). The van der Waals surface area contributed by atoms with Gasteiger partial charge in [0.05, 0.1) is 5.69 Å². The number of nitrogens with zero attached hydrogens (tertiary/aromatic N) is 2. The smallest absolute Gasteiger partial charge is 0.271 e. The van der Waals surface area contributed by atoms with Crippen LogP contribution in [0.3, 0.4) is 0 Å². The highest BCUT2D eigenvalue weighted by atomic mass is 16.1. The SMILES string of the molecule is CCC(NC)c1cccc(-n2ccc(C(=O)NC)n2)c1. The number of benzene rings is 1. The second-order valence-corrected chi connectivity index (χ2v) is 4.57. The first-order valence-electron chi connectivity index (χ1n) is 6.75. The summed E-state index contributed by atoms with van der Waals surface area (Å²) in [6.45, 7) is 2.14. The molecular weight excluding hydrogens is 252 g/mol. The molecule has 0 bridgehead atoms. The molecule has 2 N–H and O–H groups in total. The van der Waals surface area contributed by atoms with Crippen LogP contribution in [0, 0.1) is 0 Å². The Bertz CT molecular complexity index is 587. The summed E-state index contributed by atoms with van der Waals surface area (Å²) in [7, 11) is 3.55. The second-order valence-electron chi connectivity index (χ2n) is 4.57. The highest BCUT2D eigenvalue weighted by Crippen LogP contribution is 2.19. The first kappa shape index (κ1) is 14.3. The molecule has 20 heavy (non-hydrogen) atoms. The molecule has 5 nitrogen and oxygen atoms in total. The van der Waals surface area contributed by atoms with Gasteiger partial charge in [0.1, 0.15) is 0 Å². The predicted octanol–water partition coefficient (Wildman–Crippen LogP) is 1.90. The first-order chi connectivity index (χ1) is 9.69. The third kappa shape index (κ3) is 2.88. The molecule has 2 rings (SSSR count). The van der Waals surface area contributed by atoms with Crippen LogP contribution in [0.2, 0.25) is 0 Å². The van der Waals surface area contributed by atoms with E-state index in [-0.39, 0.29) is 5.91 Å². The lowest BCUT2D eigenvalue weighted by molar-refractivity contribution is 0.0957. The Morgan fingerprint density at radius 1 is 1.35 bits per heavy atom. The van der Waals surface area contributed by atoms with Crippen molar-refractivity contribution in [2.45, 2.75) is 19.4 Å². The van der Waals surface area contributed by atoms with Crippen LogP contribution >= 0.6 is 0 Å². The van der Waals surface area contributed by atoms with Gasteiger partial charge in [-0.05, 0) is 37.2 Å². The molecule has 1 heterocycles. The van der Waals surface area contributed by atoms with E-state index >= 15 is 0 Å². The summed E-state index contributed by atoms with van der Waals surface area (Å²) in [5.41, 5.74) is 2.58. The van der Waals surface area contributed by atoms with Crippen molar-refractivity contribution in [3.05, 3.63) is 47.8 Å². The molecule has 1 aromatic carbocycles. The maximum Gasteiger partial charge on any atom is 0.271 e. The van der Waals surface area contributed by atoms with Crippen molar-refractivity contribution in [3.8, 4) is 5.69 Å². The van der Waals surface area contributed by atoms with Crippen LogP contribution in [-0.4, -0.2) is 29.8 Å². The van der Waals surface area contributed by atoms with Crippen LogP contribution in [0.15, 0.2) is 36.5 Å². The Balaban J connectivity index is 2.31. The Morgan fingerprint density at radius 3 is 2.80 bits per heavy atom. The number of rotatable bonds is 5. The van der Waals surface area contributed by atoms with Crippen molar-refractivity contribution in [2.75, 3.05) is 14.1 Å². The third-order valence-corrected chi connectivity index (χ3v) is 3.34. The lowest BCUT2D eigenvalue weighted by Gasteiger charge is -2.15. The summed E-state index contributed by atoms with van der Waals surface area (Å²) in [5, 5.41) is 10.1. The van der Waals surface area contributed by atoms with Crippen molar-refractivity contribution in [3.63, 3.8) is 0 Å². The summed E-state index contributed by atoms with van der Waals surface area (Å²) in [4.78, 5) is 11.5. The zero-order chi connectivity index (χ0) is 14.5. The van der Waals surface area contributed by atoms with Gasteiger partial charge in [0, 0.05) is 19.3 Å². The lowest BCUT2D eigenvalue weighted by atomic mass is 10.0. The zero-order valence-electron chi connectivity index (χ0n) is 12.1. The minimum absolute atomic E-state index is 0.179. The van der Waals surface area contributed by atoms with Gasteiger partial charge in [-0.1, -0.05) is 19.1 Å². The van der Waals surface area contributed by atoms with E-state index in [0.29, 0.717) is 11.7 Å². The van der Waals surface area contributed by atoms with Crippen LogP contribution in [0.1, 0.15) is 35.4 Å². The van der Waals surface area contributed by atoms with E-state index in [1.807, 2.05) is 19.2 Å². The summed E-state index contributed by atoms with van der Waals surface area (Å²) >= 11 is 0. The van der Waals surface area contributed by atoms with E-state index in [1.54, 1.807) is 24.0 Å². The highest BCUT2D eigenvalue weighted by molar-refractivity contribution is 5.91. The minimum Gasteiger partial charge on any atom is -0.354 e. The summed E-state index contributed by atoms with van der Waals surface area (Å²) in [5.74, 6) is -0.179. The third-order valence-electron chi connectivity index (χ3n) is 3.34. The first-order valence-corrected chi connectivity index (χ1v) is 6.75. The Hall–Kier alpha value is -2.14. The molecule has 1 atom stereocenters. The van der Waals surface area contributed by atoms with Gasteiger partial charge in [0.25, 0.3) is 5.91 Å². The quantitative estimate of drug-likeness (QED) is 0.874. The second kappa shape index (κ2) is 6.34. The largest absolute Gasteiger partial charge is 0.354 e. The van der Waals surface area contributed by atoms with E-state index in [0.717, 1.165) is 12.1 Å². The number of hydrogen-bond donors (Lipinski definition) is 2. The average Bonchev–Trinajstić information content (AvgIpc) is 2.98. The zero-order valence-corrected chi connectivity index (χ0v) is 12.1. The van der Waals surface area contributed by atoms with Gasteiger partial charge in [-0.2, -0.15) is 5.10 Å². The molecule has 1 amide bonds. The maximum atomic E-state index is 11.5. The Morgan fingerprint density at radius 2 is 2.15 bits per heavy atom. The van der Waals surface area contributed by atoms with Crippen LogP contribution < -0.4 is 10.6 Å². The van der Waals surface area contributed by atoms with Gasteiger partial charge in [0.2, 0.25) is 0 Å². The Labute approximate surface area is 119 Å². The van der Waals surface area contributed by atoms with Gasteiger partial charge < -0.3 is 10.6 Å². The van der Waals surface area contributed by atoms with E-state index in [1.165, 1.54) is 5.56 Å². The fourth-order valence-electron chi connectivity index (χ4n) is 2.21. The van der Waals surface area contributed by atoms with Crippen molar-refractivity contribution in [2.24, 2.45) is 0 Å². The average molecular weight is 272 g/mol. The molecule has 5 heteroatoms. The summed E-state index contributed by atoms with van der Waals surface area (Å²) < 4.78 is 1.72. The lowest BCUT2D eigenvalue weighted by Crippen LogP contribution is -2.18. The molecule has 106 valence electrons. The van der Waals surface area contributed by atoms with E-state index in [4.69, 9.17) is 0 Å². The molecule has 0 aliphatic carbocycles. The fraction of sp³-hybridized carbons (Fsp3) is 0.333. The van der Waals surface area contributed by atoms with Crippen LogP contribution in [0.4, 0.5) is 0 Å². The molecule has 0 aliphatic rings.